The van der Waals surface area contributed by atoms with Crippen molar-refractivity contribution in [3.8, 4) is 11.6 Å². The smallest absolute Gasteiger partial charge is 0.352 e. The molecule has 0 bridgehead atoms. The van der Waals surface area contributed by atoms with Crippen LogP contribution in [-0.4, -0.2) is 23.2 Å². The average Bonchev–Trinajstić information content (AvgIpc) is 2.76. The van der Waals surface area contributed by atoms with Gasteiger partial charge < -0.3 is 14.4 Å². The van der Waals surface area contributed by atoms with Gasteiger partial charge in [0.05, 0.1) is 7.11 Å². The van der Waals surface area contributed by atoms with Crippen molar-refractivity contribution in [3.05, 3.63) is 81.5 Å². The lowest BCUT2D eigenvalue weighted by Crippen LogP contribution is -2.38. The Kier molecular flexibility index (Phi) is 5.70. The zero-order chi connectivity index (χ0) is 21.1. The molecule has 30 heavy (non-hydrogen) atoms. The van der Waals surface area contributed by atoms with E-state index >= 15 is 0 Å². The highest BCUT2D eigenvalue weighted by molar-refractivity contribution is 5.45. The highest BCUT2D eigenvalue weighted by Gasteiger charge is 2.20. The number of halogens is 1. The van der Waals surface area contributed by atoms with Crippen molar-refractivity contribution in [2.24, 2.45) is 0 Å². The van der Waals surface area contributed by atoms with Gasteiger partial charge in [0.15, 0.2) is 0 Å². The van der Waals surface area contributed by atoms with Gasteiger partial charge in [0, 0.05) is 25.7 Å². The molecule has 0 spiro atoms. The highest BCUT2D eigenvalue weighted by Crippen LogP contribution is 2.25. The van der Waals surface area contributed by atoms with Crippen molar-refractivity contribution in [3.63, 3.8) is 0 Å². The number of hydrogen-bond acceptors (Lipinski definition) is 5. The minimum atomic E-state index is -0.336. The van der Waals surface area contributed by atoms with Crippen LogP contribution in [0.1, 0.15) is 23.1 Å². The second-order valence-electron chi connectivity index (χ2n) is 7.38. The normalized spacial score (nSPS) is 13.1. The number of benzene rings is 2. The van der Waals surface area contributed by atoms with Gasteiger partial charge in [0.1, 0.15) is 24.0 Å². The maximum Gasteiger partial charge on any atom is 0.352 e. The summed E-state index contributed by atoms with van der Waals surface area (Å²) in [7, 11) is 1.64. The van der Waals surface area contributed by atoms with Gasteiger partial charge in [-0.1, -0.05) is 24.3 Å². The van der Waals surface area contributed by atoms with Crippen LogP contribution in [0.4, 0.5) is 10.2 Å². The van der Waals surface area contributed by atoms with Gasteiger partial charge in [-0.05, 0) is 48.2 Å². The maximum absolute atomic E-state index is 13.8. The third-order valence-corrected chi connectivity index (χ3v) is 5.26. The monoisotopic (exact) mass is 409 g/mol. The van der Waals surface area contributed by atoms with Gasteiger partial charge in [0.2, 0.25) is 5.88 Å². The molecule has 0 saturated heterocycles. The number of aromatic nitrogens is 2. The zero-order valence-corrected chi connectivity index (χ0v) is 17.1. The Morgan fingerprint density at radius 2 is 1.83 bits per heavy atom. The second kappa shape index (κ2) is 8.57. The summed E-state index contributed by atoms with van der Waals surface area (Å²) >= 11 is 0. The molecule has 0 unspecified atom stereocenters. The van der Waals surface area contributed by atoms with E-state index in [9.17, 15) is 9.18 Å². The Morgan fingerprint density at radius 1 is 1.07 bits per heavy atom. The molecule has 2 heterocycles. The third-order valence-electron chi connectivity index (χ3n) is 5.26. The van der Waals surface area contributed by atoms with E-state index in [1.54, 1.807) is 36.8 Å². The first-order chi connectivity index (χ1) is 14.5. The topological polar surface area (TPSA) is 56.6 Å². The molecule has 1 aliphatic rings. The van der Waals surface area contributed by atoms with Crippen molar-refractivity contribution in [1.29, 1.82) is 0 Å². The van der Waals surface area contributed by atoms with Gasteiger partial charge in [-0.15, -0.1) is 0 Å². The van der Waals surface area contributed by atoms with E-state index < -0.39 is 0 Å². The lowest BCUT2D eigenvalue weighted by Gasteiger charge is -2.32. The number of hydrogen-bond donors (Lipinski definition) is 0. The molecule has 4 rings (SSSR count). The summed E-state index contributed by atoms with van der Waals surface area (Å²) < 4.78 is 26.4. The number of nitrogens with zero attached hydrogens (tertiary/aromatic N) is 3. The van der Waals surface area contributed by atoms with Crippen LogP contribution in [-0.2, 0) is 19.7 Å². The minimum Gasteiger partial charge on any atom is -0.497 e. The molecule has 6 nitrogen and oxygen atoms in total. The molecule has 0 amide bonds. The largest absolute Gasteiger partial charge is 0.497 e. The lowest BCUT2D eigenvalue weighted by atomic mass is 10.1. The van der Waals surface area contributed by atoms with Crippen LogP contribution in [0.25, 0.3) is 0 Å². The van der Waals surface area contributed by atoms with Gasteiger partial charge in [-0.2, -0.15) is 4.98 Å². The number of ether oxygens (including phenoxy) is 2. The molecule has 1 aliphatic heterocycles. The van der Waals surface area contributed by atoms with Gasteiger partial charge in [0.25, 0.3) is 0 Å². The molecule has 1 aromatic heterocycles. The Morgan fingerprint density at radius 3 is 2.57 bits per heavy atom. The van der Waals surface area contributed by atoms with Crippen LogP contribution < -0.4 is 20.1 Å². The van der Waals surface area contributed by atoms with Crippen molar-refractivity contribution in [1.82, 2.24) is 9.55 Å². The Balaban J connectivity index is 1.55. The van der Waals surface area contributed by atoms with Crippen molar-refractivity contribution < 1.29 is 13.9 Å². The highest BCUT2D eigenvalue weighted by atomic mass is 19.1. The summed E-state index contributed by atoms with van der Waals surface area (Å²) in [6.45, 7) is 3.98. The van der Waals surface area contributed by atoms with Gasteiger partial charge in [-0.25, -0.2) is 9.18 Å². The molecular weight excluding hydrogens is 385 g/mol. The number of rotatable bonds is 6. The SMILES string of the molecule is COc1ccc(CN2CCCn3c2cc(OCc2ccc(C)c(F)c2)nc3=O)cc1. The molecule has 0 saturated carbocycles. The number of methoxy groups -OCH3 is 1. The molecule has 156 valence electrons. The molecule has 0 N–H and O–H groups in total. The zero-order valence-electron chi connectivity index (χ0n) is 17.1. The van der Waals surface area contributed by atoms with E-state index in [0.717, 1.165) is 30.1 Å². The van der Waals surface area contributed by atoms with Crippen LogP contribution in [0.3, 0.4) is 0 Å². The summed E-state index contributed by atoms with van der Waals surface area (Å²) in [6, 6.07) is 14.6. The summed E-state index contributed by atoms with van der Waals surface area (Å²) in [5, 5.41) is 0. The Bertz CT molecular complexity index is 1100. The number of anilines is 1. The van der Waals surface area contributed by atoms with Crippen molar-refractivity contribution >= 4 is 5.82 Å². The maximum atomic E-state index is 13.8. The van der Waals surface area contributed by atoms with Crippen LogP contribution in [0.15, 0.2) is 53.3 Å². The number of fused-ring (bicyclic) bond motifs is 1. The molecule has 7 heteroatoms. The van der Waals surface area contributed by atoms with E-state index in [1.807, 2.05) is 24.3 Å². The minimum absolute atomic E-state index is 0.144. The molecule has 2 aromatic carbocycles. The summed E-state index contributed by atoms with van der Waals surface area (Å²) in [5.41, 5.74) is 2.05. The van der Waals surface area contributed by atoms with E-state index in [-0.39, 0.29) is 24.0 Å². The molecule has 0 atom stereocenters. The second-order valence-corrected chi connectivity index (χ2v) is 7.38. The fraction of sp³-hybridized carbons (Fsp3) is 0.304. The molecule has 0 radical (unpaired) electrons. The Labute approximate surface area is 174 Å². The van der Waals surface area contributed by atoms with Gasteiger partial charge in [-0.3, -0.25) is 4.57 Å². The van der Waals surface area contributed by atoms with Crippen LogP contribution in [0.2, 0.25) is 0 Å². The van der Waals surface area contributed by atoms with Crippen molar-refractivity contribution in [2.75, 3.05) is 18.6 Å². The third kappa shape index (κ3) is 4.30. The summed E-state index contributed by atoms with van der Waals surface area (Å²) in [6.07, 6.45) is 0.869. The standard InChI is InChI=1S/C23H24FN3O3/c1-16-4-5-18(12-20(16)24)15-30-21-13-22-26(10-3-11-27(22)23(28)25-21)14-17-6-8-19(29-2)9-7-17/h4-9,12-13H,3,10-11,14-15H2,1-2H3. The van der Waals surface area contributed by atoms with Crippen molar-refractivity contribution in [2.45, 2.75) is 33.0 Å². The first-order valence-electron chi connectivity index (χ1n) is 9.91. The summed E-state index contributed by atoms with van der Waals surface area (Å²) in [4.78, 5) is 18.7. The summed E-state index contributed by atoms with van der Waals surface area (Å²) in [5.74, 6) is 1.55. The van der Waals surface area contributed by atoms with Crippen LogP contribution in [0, 0.1) is 12.7 Å². The van der Waals surface area contributed by atoms with Crippen LogP contribution in [0.5, 0.6) is 11.6 Å². The molecule has 0 aliphatic carbocycles. The fourth-order valence-corrected chi connectivity index (χ4v) is 3.55. The van der Waals surface area contributed by atoms with E-state index in [4.69, 9.17) is 9.47 Å². The van der Waals surface area contributed by atoms with E-state index in [0.29, 0.717) is 24.2 Å². The lowest BCUT2D eigenvalue weighted by molar-refractivity contribution is 0.289. The van der Waals surface area contributed by atoms with E-state index in [1.165, 1.54) is 6.07 Å². The van der Waals surface area contributed by atoms with Gasteiger partial charge >= 0.3 is 5.69 Å². The van der Waals surface area contributed by atoms with Crippen LogP contribution >= 0.6 is 0 Å². The molecule has 0 fully saturated rings. The fourth-order valence-electron chi connectivity index (χ4n) is 3.55. The first-order valence-corrected chi connectivity index (χ1v) is 9.91. The predicted octanol–water partition coefficient (Wildman–Crippen LogP) is 3.69. The quantitative estimate of drug-likeness (QED) is 0.622. The Hall–Kier alpha value is -3.35. The average molecular weight is 409 g/mol. The molecular formula is C23H24FN3O3. The first kappa shape index (κ1) is 19.9. The van der Waals surface area contributed by atoms with E-state index in [2.05, 4.69) is 9.88 Å². The number of aryl methyl sites for hydroxylation is 1. The predicted molar refractivity (Wildman–Crippen MR) is 113 cm³/mol. The molecule has 3 aromatic rings.